The third-order valence-electron chi connectivity index (χ3n) is 2.72. The van der Waals surface area contributed by atoms with Gasteiger partial charge in [-0.15, -0.1) is 0 Å². The molecule has 118 valence electrons. The van der Waals surface area contributed by atoms with E-state index < -0.39 is 11.0 Å². The molecule has 1 rings (SSSR count). The van der Waals surface area contributed by atoms with E-state index in [4.69, 9.17) is 9.47 Å². The number of non-ortho nitro benzene ring substituents is 1. The zero-order valence-corrected chi connectivity index (χ0v) is 12.5. The van der Waals surface area contributed by atoms with Crippen molar-refractivity contribution in [2.24, 2.45) is 5.92 Å². The fourth-order valence-corrected chi connectivity index (χ4v) is 1.68. The smallest absolute Gasteiger partial charge is 0.273 e. The summed E-state index contributed by atoms with van der Waals surface area (Å²) in [6.07, 6.45) is -0.701. The molecule has 1 aromatic rings. The van der Waals surface area contributed by atoms with E-state index in [0.717, 1.165) is 6.54 Å². The predicted molar refractivity (Wildman–Crippen MR) is 78.9 cm³/mol. The van der Waals surface area contributed by atoms with Crippen molar-refractivity contribution >= 4 is 5.69 Å². The van der Waals surface area contributed by atoms with E-state index in [1.165, 1.54) is 25.3 Å². The minimum absolute atomic E-state index is 0.0304. The summed E-state index contributed by atoms with van der Waals surface area (Å²) in [7, 11) is 1.45. The van der Waals surface area contributed by atoms with Crippen LogP contribution in [0.1, 0.15) is 13.8 Å². The highest BCUT2D eigenvalue weighted by Crippen LogP contribution is 2.31. The van der Waals surface area contributed by atoms with Gasteiger partial charge >= 0.3 is 0 Å². The molecule has 1 unspecified atom stereocenters. The Balaban J connectivity index is 2.56. The molecular formula is C14H22N2O5. The van der Waals surface area contributed by atoms with Gasteiger partial charge in [0.25, 0.3) is 5.69 Å². The lowest BCUT2D eigenvalue weighted by Crippen LogP contribution is -2.33. The summed E-state index contributed by atoms with van der Waals surface area (Å²) in [6.45, 7) is 5.38. The number of benzene rings is 1. The van der Waals surface area contributed by atoms with Gasteiger partial charge in [0.1, 0.15) is 12.7 Å². The summed E-state index contributed by atoms with van der Waals surface area (Å²) < 4.78 is 10.5. The van der Waals surface area contributed by atoms with E-state index in [0.29, 0.717) is 18.2 Å². The highest BCUT2D eigenvalue weighted by atomic mass is 16.6. The minimum atomic E-state index is -0.701. The fraction of sp³-hybridized carbons (Fsp3) is 0.571. The van der Waals surface area contributed by atoms with Gasteiger partial charge in [-0.2, -0.15) is 0 Å². The Morgan fingerprint density at radius 3 is 2.62 bits per heavy atom. The van der Waals surface area contributed by atoms with Crippen LogP contribution >= 0.6 is 0 Å². The van der Waals surface area contributed by atoms with Crippen LogP contribution in [0.2, 0.25) is 0 Å². The molecule has 7 heteroatoms. The third kappa shape index (κ3) is 5.97. The summed E-state index contributed by atoms with van der Waals surface area (Å²) in [4.78, 5) is 10.2. The Kier molecular flexibility index (Phi) is 6.90. The molecule has 0 aromatic heterocycles. The standard InChI is InChI=1S/C14H22N2O5/c1-10(2)7-15-8-12(17)9-21-14-6-11(16(18)19)4-5-13(14)20-3/h4-6,10,12,15,17H,7-9H2,1-3H3. The van der Waals surface area contributed by atoms with Crippen LogP contribution < -0.4 is 14.8 Å². The number of nitrogens with zero attached hydrogens (tertiary/aromatic N) is 1. The first kappa shape index (κ1) is 17.2. The quantitative estimate of drug-likeness (QED) is 0.531. The maximum atomic E-state index is 10.7. The number of aliphatic hydroxyl groups is 1. The maximum Gasteiger partial charge on any atom is 0.273 e. The molecule has 0 aliphatic heterocycles. The summed E-state index contributed by atoms with van der Waals surface area (Å²) in [5.41, 5.74) is -0.0850. The van der Waals surface area contributed by atoms with Gasteiger partial charge in [-0.05, 0) is 18.5 Å². The molecule has 0 aliphatic carbocycles. The van der Waals surface area contributed by atoms with E-state index in [-0.39, 0.29) is 18.0 Å². The number of nitro benzene ring substituents is 1. The summed E-state index contributed by atoms with van der Waals surface area (Å²) >= 11 is 0. The molecule has 21 heavy (non-hydrogen) atoms. The van der Waals surface area contributed by atoms with Crippen LogP contribution in [0.5, 0.6) is 11.5 Å². The largest absolute Gasteiger partial charge is 0.493 e. The lowest BCUT2D eigenvalue weighted by Gasteiger charge is -2.15. The highest BCUT2D eigenvalue weighted by Gasteiger charge is 2.14. The van der Waals surface area contributed by atoms with Gasteiger partial charge in [0.05, 0.1) is 18.1 Å². The predicted octanol–water partition coefficient (Wildman–Crippen LogP) is 1.59. The number of methoxy groups -OCH3 is 1. The molecule has 0 saturated heterocycles. The van der Waals surface area contributed by atoms with Crippen LogP contribution in [0.4, 0.5) is 5.69 Å². The number of ether oxygens (including phenoxy) is 2. The Morgan fingerprint density at radius 1 is 1.33 bits per heavy atom. The Labute approximate surface area is 124 Å². The van der Waals surface area contributed by atoms with Crippen LogP contribution in [0.15, 0.2) is 18.2 Å². The first-order chi connectivity index (χ1) is 9.93. The second-order valence-corrected chi connectivity index (χ2v) is 5.11. The van der Waals surface area contributed by atoms with Crippen LogP contribution in [0.3, 0.4) is 0 Å². The van der Waals surface area contributed by atoms with Crippen molar-refractivity contribution in [1.29, 1.82) is 0 Å². The van der Waals surface area contributed by atoms with E-state index in [1.54, 1.807) is 0 Å². The van der Waals surface area contributed by atoms with Gasteiger partial charge in [0, 0.05) is 12.6 Å². The van der Waals surface area contributed by atoms with Crippen LogP contribution in [0.25, 0.3) is 0 Å². The molecule has 1 aromatic carbocycles. The van der Waals surface area contributed by atoms with Crippen LogP contribution in [0, 0.1) is 16.0 Å². The number of aliphatic hydroxyl groups excluding tert-OH is 1. The summed E-state index contributed by atoms with van der Waals surface area (Å²) in [5, 5.41) is 23.7. The number of rotatable bonds is 9. The van der Waals surface area contributed by atoms with Crippen molar-refractivity contribution in [2.45, 2.75) is 20.0 Å². The third-order valence-corrected chi connectivity index (χ3v) is 2.72. The number of hydrogen-bond acceptors (Lipinski definition) is 6. The first-order valence-corrected chi connectivity index (χ1v) is 6.78. The molecule has 0 fully saturated rings. The van der Waals surface area contributed by atoms with Crippen molar-refractivity contribution in [3.05, 3.63) is 28.3 Å². The molecule has 7 nitrogen and oxygen atoms in total. The van der Waals surface area contributed by atoms with Crippen molar-refractivity contribution in [1.82, 2.24) is 5.32 Å². The van der Waals surface area contributed by atoms with E-state index in [2.05, 4.69) is 19.2 Å². The molecule has 0 aliphatic rings. The van der Waals surface area contributed by atoms with Crippen LogP contribution in [-0.2, 0) is 0 Å². The second-order valence-electron chi connectivity index (χ2n) is 5.11. The molecule has 0 bridgehead atoms. The monoisotopic (exact) mass is 298 g/mol. The molecule has 0 heterocycles. The van der Waals surface area contributed by atoms with Crippen molar-refractivity contribution in [3.8, 4) is 11.5 Å². The zero-order valence-electron chi connectivity index (χ0n) is 12.5. The fourth-order valence-electron chi connectivity index (χ4n) is 1.68. The van der Waals surface area contributed by atoms with Gasteiger partial charge in [-0.3, -0.25) is 10.1 Å². The lowest BCUT2D eigenvalue weighted by atomic mass is 10.2. The Bertz CT molecular complexity index is 465. The van der Waals surface area contributed by atoms with Gasteiger partial charge in [-0.1, -0.05) is 13.8 Å². The normalized spacial score (nSPS) is 12.2. The summed E-state index contributed by atoms with van der Waals surface area (Å²) in [6, 6.07) is 4.09. The molecular weight excluding hydrogens is 276 g/mol. The van der Waals surface area contributed by atoms with Crippen molar-refractivity contribution in [2.75, 3.05) is 26.8 Å². The molecule has 1 atom stereocenters. The SMILES string of the molecule is COc1ccc([N+](=O)[O-])cc1OCC(O)CNCC(C)C. The average Bonchev–Trinajstić information content (AvgIpc) is 2.44. The number of nitrogens with one attached hydrogen (secondary N) is 1. The first-order valence-electron chi connectivity index (χ1n) is 6.78. The number of hydrogen-bond donors (Lipinski definition) is 2. The molecule has 0 amide bonds. The molecule has 2 N–H and O–H groups in total. The van der Waals surface area contributed by atoms with E-state index in [9.17, 15) is 15.2 Å². The van der Waals surface area contributed by atoms with E-state index in [1.807, 2.05) is 0 Å². The Morgan fingerprint density at radius 2 is 2.05 bits per heavy atom. The van der Waals surface area contributed by atoms with Crippen molar-refractivity contribution in [3.63, 3.8) is 0 Å². The van der Waals surface area contributed by atoms with Crippen molar-refractivity contribution < 1.29 is 19.5 Å². The van der Waals surface area contributed by atoms with Crippen LogP contribution in [-0.4, -0.2) is 42.9 Å². The van der Waals surface area contributed by atoms with Gasteiger partial charge in [0.2, 0.25) is 0 Å². The Hall–Kier alpha value is -1.86. The van der Waals surface area contributed by atoms with Gasteiger partial charge < -0.3 is 19.9 Å². The van der Waals surface area contributed by atoms with Gasteiger partial charge in [0.15, 0.2) is 11.5 Å². The maximum absolute atomic E-state index is 10.7. The highest BCUT2D eigenvalue weighted by molar-refractivity contribution is 5.48. The number of nitro groups is 1. The topological polar surface area (TPSA) is 93.9 Å². The molecule has 0 spiro atoms. The summed E-state index contributed by atoms with van der Waals surface area (Å²) in [5.74, 6) is 1.13. The zero-order chi connectivity index (χ0) is 15.8. The second kappa shape index (κ2) is 8.43. The molecule has 0 saturated carbocycles. The molecule has 0 radical (unpaired) electrons. The lowest BCUT2D eigenvalue weighted by molar-refractivity contribution is -0.385. The minimum Gasteiger partial charge on any atom is -0.493 e. The average molecular weight is 298 g/mol. The van der Waals surface area contributed by atoms with E-state index >= 15 is 0 Å². The van der Waals surface area contributed by atoms with Gasteiger partial charge in [-0.25, -0.2) is 0 Å².